The number of aromatic amines is 1. The van der Waals surface area contributed by atoms with Gasteiger partial charge in [0.25, 0.3) is 0 Å². The van der Waals surface area contributed by atoms with Gasteiger partial charge in [0, 0.05) is 5.92 Å². The van der Waals surface area contributed by atoms with E-state index in [-0.39, 0.29) is 31.0 Å². The van der Waals surface area contributed by atoms with Crippen LogP contribution in [-0.4, -0.2) is 20.6 Å². The Balaban J connectivity index is 0.000000405. The van der Waals surface area contributed by atoms with E-state index in [2.05, 4.69) is 20.6 Å². The van der Waals surface area contributed by atoms with Crippen LogP contribution in [-0.2, 0) is 0 Å². The molecule has 2 rings (SSSR count). The van der Waals surface area contributed by atoms with Crippen LogP contribution in [0.1, 0.15) is 26.0 Å². The van der Waals surface area contributed by atoms with Crippen molar-refractivity contribution < 1.29 is 31.0 Å². The first-order valence-corrected chi connectivity index (χ1v) is 2.70. The molecule has 5 heteroatoms. The van der Waals surface area contributed by atoms with Crippen molar-refractivity contribution in [2.24, 2.45) is 0 Å². The van der Waals surface area contributed by atoms with E-state index in [1.807, 2.05) is 0 Å². The zero-order valence-corrected chi connectivity index (χ0v) is 7.33. The fraction of sp³-hybridized carbons (Fsp3) is 0.750. The van der Waals surface area contributed by atoms with Gasteiger partial charge in [-0.15, -0.1) is 10.2 Å². The SMILES string of the molecule is C1CC1c1nn[nH]n1.[H-].[Na+]. The van der Waals surface area contributed by atoms with Crippen LogP contribution in [0.5, 0.6) is 0 Å². The van der Waals surface area contributed by atoms with Crippen molar-refractivity contribution >= 4 is 0 Å². The fourth-order valence-electron chi connectivity index (χ4n) is 0.684. The largest absolute Gasteiger partial charge is 1.00 e. The van der Waals surface area contributed by atoms with Crippen molar-refractivity contribution in [2.45, 2.75) is 18.8 Å². The molecule has 1 heterocycles. The van der Waals surface area contributed by atoms with Crippen molar-refractivity contribution in [3.63, 3.8) is 0 Å². The second kappa shape index (κ2) is 2.77. The van der Waals surface area contributed by atoms with Crippen molar-refractivity contribution in [1.29, 1.82) is 0 Å². The number of aromatic nitrogens is 4. The number of hydrogen-bond acceptors (Lipinski definition) is 3. The smallest absolute Gasteiger partial charge is 1.00 e. The van der Waals surface area contributed by atoms with Crippen molar-refractivity contribution in [3.8, 4) is 0 Å². The third kappa shape index (κ3) is 1.50. The minimum absolute atomic E-state index is 0. The molecule has 1 aromatic rings. The van der Waals surface area contributed by atoms with Crippen LogP contribution in [0, 0.1) is 0 Å². The second-order valence-electron chi connectivity index (χ2n) is 2.04. The van der Waals surface area contributed by atoms with Crippen LogP contribution in [0.4, 0.5) is 0 Å². The zero-order valence-electron chi connectivity index (χ0n) is 6.33. The minimum Gasteiger partial charge on any atom is -1.00 e. The van der Waals surface area contributed by atoms with E-state index in [0.717, 1.165) is 5.82 Å². The number of nitrogens with zero attached hydrogens (tertiary/aromatic N) is 3. The summed E-state index contributed by atoms with van der Waals surface area (Å²) < 4.78 is 0. The van der Waals surface area contributed by atoms with E-state index in [9.17, 15) is 0 Å². The van der Waals surface area contributed by atoms with E-state index in [1.54, 1.807) is 0 Å². The average molecular weight is 134 g/mol. The molecule has 0 aliphatic heterocycles. The summed E-state index contributed by atoms with van der Waals surface area (Å²) in [7, 11) is 0. The van der Waals surface area contributed by atoms with Gasteiger partial charge in [-0.05, 0) is 12.8 Å². The minimum atomic E-state index is 0. The quantitative estimate of drug-likeness (QED) is 0.422. The molecule has 0 aromatic carbocycles. The van der Waals surface area contributed by atoms with Gasteiger partial charge in [-0.3, -0.25) is 0 Å². The zero-order chi connectivity index (χ0) is 5.40. The van der Waals surface area contributed by atoms with Crippen LogP contribution >= 0.6 is 0 Å². The van der Waals surface area contributed by atoms with Crippen LogP contribution in [0.15, 0.2) is 0 Å². The molecule has 0 atom stereocenters. The van der Waals surface area contributed by atoms with Gasteiger partial charge in [0.2, 0.25) is 0 Å². The van der Waals surface area contributed by atoms with Crippen molar-refractivity contribution in [3.05, 3.63) is 5.82 Å². The van der Waals surface area contributed by atoms with Gasteiger partial charge in [-0.2, -0.15) is 5.21 Å². The van der Waals surface area contributed by atoms with E-state index in [4.69, 9.17) is 0 Å². The molecule has 1 aliphatic carbocycles. The summed E-state index contributed by atoms with van der Waals surface area (Å²) in [5.41, 5.74) is 0. The van der Waals surface area contributed by atoms with Gasteiger partial charge in [-0.1, -0.05) is 5.21 Å². The van der Waals surface area contributed by atoms with Crippen LogP contribution in [0.2, 0.25) is 0 Å². The molecule has 0 unspecified atom stereocenters. The standard InChI is InChI=1S/C4H6N4.Na.H/c1-2-3(1)4-5-7-8-6-4;;/h3H,1-2H2,(H,5,6,7,8);;/q;+1;-1. The molecule has 1 N–H and O–H groups in total. The molecule has 1 fully saturated rings. The van der Waals surface area contributed by atoms with Gasteiger partial charge in [0.15, 0.2) is 5.82 Å². The Morgan fingerprint density at radius 2 is 2.33 bits per heavy atom. The van der Waals surface area contributed by atoms with Crippen molar-refractivity contribution in [1.82, 2.24) is 20.6 Å². The van der Waals surface area contributed by atoms with Crippen LogP contribution in [0.25, 0.3) is 0 Å². The molecular weight excluding hydrogens is 127 g/mol. The first kappa shape index (κ1) is 7.18. The van der Waals surface area contributed by atoms with Gasteiger partial charge in [0.05, 0.1) is 0 Å². The van der Waals surface area contributed by atoms with E-state index >= 15 is 0 Å². The third-order valence-corrected chi connectivity index (χ3v) is 1.30. The van der Waals surface area contributed by atoms with Crippen LogP contribution < -0.4 is 29.6 Å². The molecule has 0 saturated heterocycles. The first-order chi connectivity index (χ1) is 3.97. The Morgan fingerprint density at radius 3 is 2.78 bits per heavy atom. The Bertz CT molecular complexity index is 173. The Labute approximate surface area is 76.2 Å². The Morgan fingerprint density at radius 1 is 1.56 bits per heavy atom. The van der Waals surface area contributed by atoms with E-state index in [1.165, 1.54) is 12.8 Å². The van der Waals surface area contributed by atoms with E-state index in [0.29, 0.717) is 5.92 Å². The molecule has 9 heavy (non-hydrogen) atoms. The molecule has 0 bridgehead atoms. The van der Waals surface area contributed by atoms with Gasteiger partial charge >= 0.3 is 29.6 Å². The summed E-state index contributed by atoms with van der Waals surface area (Å²) in [5, 5.41) is 13.5. The van der Waals surface area contributed by atoms with Crippen molar-refractivity contribution in [2.75, 3.05) is 0 Å². The average Bonchev–Trinajstić information content (AvgIpc) is 2.49. The van der Waals surface area contributed by atoms with Crippen LogP contribution in [0.3, 0.4) is 0 Å². The first-order valence-electron chi connectivity index (χ1n) is 2.70. The molecule has 0 amide bonds. The third-order valence-electron chi connectivity index (χ3n) is 1.30. The molecule has 0 spiro atoms. The molecule has 44 valence electrons. The maximum atomic E-state index is 3.83. The number of H-pyrrole nitrogens is 1. The Kier molecular flexibility index (Phi) is 2.21. The summed E-state index contributed by atoms with van der Waals surface area (Å²) in [6, 6.07) is 0. The molecule has 4 nitrogen and oxygen atoms in total. The topological polar surface area (TPSA) is 54.5 Å². The number of rotatable bonds is 1. The number of nitrogens with one attached hydrogen (secondary N) is 1. The monoisotopic (exact) mass is 134 g/mol. The fourth-order valence-corrected chi connectivity index (χ4v) is 0.684. The maximum absolute atomic E-state index is 3.83. The Hall–Kier alpha value is 0.0700. The predicted molar refractivity (Wildman–Crippen MR) is 27.3 cm³/mol. The molecule has 1 saturated carbocycles. The summed E-state index contributed by atoms with van der Waals surface area (Å²) in [6.07, 6.45) is 2.47. The van der Waals surface area contributed by atoms with E-state index < -0.39 is 0 Å². The summed E-state index contributed by atoms with van der Waals surface area (Å²) >= 11 is 0. The summed E-state index contributed by atoms with van der Waals surface area (Å²) in [6.45, 7) is 0. The molecule has 1 aromatic heterocycles. The van der Waals surface area contributed by atoms with Gasteiger partial charge in [-0.25, -0.2) is 0 Å². The number of tetrazole rings is 1. The normalized spacial score (nSPS) is 16.9. The maximum Gasteiger partial charge on any atom is 1.00 e. The predicted octanol–water partition coefficient (Wildman–Crippen LogP) is -2.81. The second-order valence-corrected chi connectivity index (χ2v) is 2.04. The summed E-state index contributed by atoms with van der Waals surface area (Å²) in [4.78, 5) is 0. The summed E-state index contributed by atoms with van der Waals surface area (Å²) in [5.74, 6) is 1.50. The molecule has 1 aliphatic rings. The van der Waals surface area contributed by atoms with Gasteiger partial charge in [0.1, 0.15) is 0 Å². The number of hydrogen-bond donors (Lipinski definition) is 1. The van der Waals surface area contributed by atoms with Gasteiger partial charge < -0.3 is 1.43 Å². The molecule has 0 radical (unpaired) electrons. The molecular formula is C4H7N4Na.